The number of allylic oxidation sites excluding steroid dienone is 4. The summed E-state index contributed by atoms with van der Waals surface area (Å²) in [7, 11) is -3.52. The van der Waals surface area contributed by atoms with E-state index in [2.05, 4.69) is 17.1 Å². The van der Waals surface area contributed by atoms with Crippen LogP contribution in [0.4, 0.5) is 0 Å². The average Bonchev–Trinajstić information content (AvgIpc) is 2.75. The molecule has 0 saturated carbocycles. The summed E-state index contributed by atoms with van der Waals surface area (Å²) in [6, 6.07) is 0. The van der Waals surface area contributed by atoms with Crippen LogP contribution in [0.3, 0.4) is 0 Å². The molecule has 0 bridgehead atoms. The predicted molar refractivity (Wildman–Crippen MR) is 67.0 cm³/mol. The molecule has 1 heterocycles. The van der Waals surface area contributed by atoms with Gasteiger partial charge in [-0.05, 0) is 24.7 Å². The van der Waals surface area contributed by atoms with Crippen molar-refractivity contribution in [3.8, 4) is 0 Å². The van der Waals surface area contributed by atoms with Gasteiger partial charge in [0, 0.05) is 24.6 Å². The second kappa shape index (κ2) is 3.78. The average molecular weight is 252 g/mol. The molecule has 4 nitrogen and oxygen atoms in total. The van der Waals surface area contributed by atoms with Gasteiger partial charge in [-0.25, -0.2) is 13.6 Å². The van der Waals surface area contributed by atoms with Crippen molar-refractivity contribution in [3.05, 3.63) is 23.1 Å². The minimum Gasteiger partial charge on any atom is -0.293 e. The molecule has 0 saturated heterocycles. The molecule has 17 heavy (non-hydrogen) atoms. The Hall–Kier alpha value is -0.940. The lowest BCUT2D eigenvalue weighted by molar-refractivity contribution is 0.339. The van der Waals surface area contributed by atoms with Crippen LogP contribution in [-0.4, -0.2) is 20.7 Å². The number of sulfonamides is 1. The second-order valence-electron chi connectivity index (χ2n) is 5.06. The molecule has 0 aromatic heterocycles. The zero-order valence-electron chi connectivity index (χ0n) is 9.54. The minimum atomic E-state index is -3.52. The summed E-state index contributed by atoms with van der Waals surface area (Å²) in [4.78, 5) is 5.00. The predicted octanol–water partition coefficient (Wildman–Crippen LogP) is 1.22. The Morgan fingerprint density at radius 1 is 1.41 bits per heavy atom. The van der Waals surface area contributed by atoms with Gasteiger partial charge in [0.05, 0.1) is 4.91 Å². The van der Waals surface area contributed by atoms with Crippen molar-refractivity contribution in [2.45, 2.75) is 19.3 Å². The maximum atomic E-state index is 11.4. The third kappa shape index (κ3) is 1.87. The van der Waals surface area contributed by atoms with Gasteiger partial charge in [-0.3, -0.25) is 4.99 Å². The first-order chi connectivity index (χ1) is 8.05. The van der Waals surface area contributed by atoms with Gasteiger partial charge < -0.3 is 0 Å². The highest BCUT2D eigenvalue weighted by Crippen LogP contribution is 2.41. The minimum absolute atomic E-state index is 0.255. The fourth-order valence-electron chi connectivity index (χ4n) is 3.18. The Bertz CT molecular complexity index is 531. The van der Waals surface area contributed by atoms with Crippen LogP contribution in [0.1, 0.15) is 19.3 Å². The molecule has 2 aliphatic carbocycles. The summed E-state index contributed by atoms with van der Waals surface area (Å²) < 4.78 is 22.8. The highest BCUT2D eigenvalue weighted by Gasteiger charge is 2.39. The Morgan fingerprint density at radius 3 is 3.00 bits per heavy atom. The smallest absolute Gasteiger partial charge is 0.233 e. The lowest BCUT2D eigenvalue weighted by atomic mass is 9.74. The summed E-state index contributed by atoms with van der Waals surface area (Å²) in [5, 5.41) is 5.22. The summed E-state index contributed by atoms with van der Waals surface area (Å²) in [5.41, 5.74) is 1.16. The van der Waals surface area contributed by atoms with Crippen LogP contribution < -0.4 is 5.14 Å². The lowest BCUT2D eigenvalue weighted by Gasteiger charge is -2.35. The van der Waals surface area contributed by atoms with Crippen molar-refractivity contribution in [1.29, 1.82) is 0 Å². The topological polar surface area (TPSA) is 72.5 Å². The number of nitrogens with zero attached hydrogens (tertiary/aromatic N) is 1. The summed E-state index contributed by atoms with van der Waals surface area (Å²) in [6.07, 6.45) is 8.41. The fourth-order valence-corrected chi connectivity index (χ4v) is 3.91. The molecule has 3 unspecified atom stereocenters. The molecule has 3 aliphatic rings. The molecule has 0 aromatic rings. The quantitative estimate of drug-likeness (QED) is 0.712. The number of aliphatic imine (C=N–C) groups is 1. The first-order valence-corrected chi connectivity index (χ1v) is 7.52. The molecule has 1 aliphatic heterocycles. The molecule has 3 atom stereocenters. The molecule has 5 heteroatoms. The van der Waals surface area contributed by atoms with E-state index in [1.807, 2.05) is 0 Å². The zero-order valence-corrected chi connectivity index (χ0v) is 10.4. The van der Waals surface area contributed by atoms with Gasteiger partial charge in [0.2, 0.25) is 10.0 Å². The largest absolute Gasteiger partial charge is 0.293 e. The monoisotopic (exact) mass is 252 g/mol. The van der Waals surface area contributed by atoms with Gasteiger partial charge in [0.1, 0.15) is 0 Å². The third-order valence-electron chi connectivity index (χ3n) is 4.09. The van der Waals surface area contributed by atoms with Gasteiger partial charge in [0.15, 0.2) is 0 Å². The van der Waals surface area contributed by atoms with Crippen LogP contribution in [0.2, 0.25) is 0 Å². The molecule has 3 rings (SSSR count). The van der Waals surface area contributed by atoms with E-state index in [-0.39, 0.29) is 5.92 Å². The Morgan fingerprint density at radius 2 is 2.24 bits per heavy atom. The van der Waals surface area contributed by atoms with Crippen LogP contribution >= 0.6 is 0 Å². The van der Waals surface area contributed by atoms with Crippen molar-refractivity contribution in [2.24, 2.45) is 27.9 Å². The number of hydrogen-bond acceptors (Lipinski definition) is 3. The van der Waals surface area contributed by atoms with Crippen molar-refractivity contribution >= 4 is 15.7 Å². The van der Waals surface area contributed by atoms with E-state index in [0.717, 1.165) is 18.7 Å². The fraction of sp³-hybridized carbons (Fsp3) is 0.583. The van der Waals surface area contributed by atoms with Crippen molar-refractivity contribution in [1.82, 2.24) is 0 Å². The summed E-state index contributed by atoms with van der Waals surface area (Å²) >= 11 is 0. The van der Waals surface area contributed by atoms with E-state index in [1.165, 1.54) is 0 Å². The molecule has 0 radical (unpaired) electrons. The van der Waals surface area contributed by atoms with Gasteiger partial charge in [-0.15, -0.1) is 0 Å². The molecule has 92 valence electrons. The van der Waals surface area contributed by atoms with Gasteiger partial charge in [-0.1, -0.05) is 18.2 Å². The first kappa shape index (κ1) is 11.2. The van der Waals surface area contributed by atoms with Crippen LogP contribution in [0.5, 0.6) is 0 Å². The standard InChI is InChI=1S/C12H16N2O2S/c13-17(15,16)9-4-5-12-11(6-9)10-3-1-2-8(10)7-14-12/h1,3-4,8,10-11H,2,5-7H2,(H2,13,15,16). The lowest BCUT2D eigenvalue weighted by Crippen LogP contribution is -2.36. The van der Waals surface area contributed by atoms with Crippen molar-refractivity contribution < 1.29 is 8.42 Å². The van der Waals surface area contributed by atoms with E-state index in [4.69, 9.17) is 5.14 Å². The van der Waals surface area contributed by atoms with E-state index < -0.39 is 10.0 Å². The van der Waals surface area contributed by atoms with Crippen LogP contribution in [0, 0.1) is 17.8 Å². The van der Waals surface area contributed by atoms with Gasteiger partial charge in [0.25, 0.3) is 0 Å². The van der Waals surface area contributed by atoms with Gasteiger partial charge >= 0.3 is 0 Å². The maximum absolute atomic E-state index is 11.4. The molecule has 2 N–H and O–H groups in total. The van der Waals surface area contributed by atoms with Crippen LogP contribution in [-0.2, 0) is 10.0 Å². The van der Waals surface area contributed by atoms with E-state index in [1.54, 1.807) is 6.08 Å². The highest BCUT2D eigenvalue weighted by molar-refractivity contribution is 7.93. The van der Waals surface area contributed by atoms with E-state index >= 15 is 0 Å². The Labute approximate surface area is 101 Å². The highest BCUT2D eigenvalue weighted by atomic mass is 32.2. The molecule has 0 amide bonds. The number of primary sulfonamides is 1. The third-order valence-corrected chi connectivity index (χ3v) is 5.15. The maximum Gasteiger partial charge on any atom is 0.233 e. The zero-order chi connectivity index (χ0) is 12.0. The SMILES string of the molecule is NS(=O)(=O)C1=CCC2=NCC3CC=CC3C2C1. The summed E-state index contributed by atoms with van der Waals surface area (Å²) in [5.74, 6) is 1.29. The Balaban J connectivity index is 1.93. The van der Waals surface area contributed by atoms with Gasteiger partial charge in [-0.2, -0.15) is 0 Å². The first-order valence-electron chi connectivity index (χ1n) is 5.97. The molecular weight excluding hydrogens is 236 g/mol. The second-order valence-corrected chi connectivity index (χ2v) is 6.68. The normalized spacial score (nSPS) is 35.9. The Kier molecular flexibility index (Phi) is 2.48. The molecule has 0 aromatic carbocycles. The number of nitrogens with two attached hydrogens (primary N) is 1. The van der Waals surface area contributed by atoms with E-state index in [9.17, 15) is 8.42 Å². The number of rotatable bonds is 1. The number of hydrogen-bond donors (Lipinski definition) is 1. The molecule has 0 fully saturated rings. The number of fused-ring (bicyclic) bond motifs is 3. The van der Waals surface area contributed by atoms with Crippen LogP contribution in [0.15, 0.2) is 28.1 Å². The molecule has 0 spiro atoms. The molecular formula is C12H16N2O2S. The van der Waals surface area contributed by atoms with Crippen molar-refractivity contribution in [3.63, 3.8) is 0 Å². The van der Waals surface area contributed by atoms with Crippen molar-refractivity contribution in [2.75, 3.05) is 6.54 Å². The van der Waals surface area contributed by atoms with Crippen LogP contribution in [0.25, 0.3) is 0 Å². The summed E-state index contributed by atoms with van der Waals surface area (Å²) in [6.45, 7) is 0.891. The van der Waals surface area contributed by atoms with E-state index in [0.29, 0.717) is 29.6 Å².